The molecule has 0 bridgehead atoms. The number of amides is 1. The second kappa shape index (κ2) is 5.22. The average Bonchev–Trinajstić information content (AvgIpc) is 2.87. The van der Waals surface area contributed by atoms with Crippen molar-refractivity contribution in [3.05, 3.63) is 34.6 Å². The molecule has 6 heteroatoms. The molecule has 0 radical (unpaired) electrons. The Bertz CT molecular complexity index is 558. The summed E-state index contributed by atoms with van der Waals surface area (Å²) in [6.45, 7) is 2.49. The number of hydrogen-bond acceptors (Lipinski definition) is 4. The molecule has 96 valence electrons. The van der Waals surface area contributed by atoms with E-state index in [1.54, 1.807) is 0 Å². The van der Waals surface area contributed by atoms with Gasteiger partial charge in [-0.15, -0.1) is 11.3 Å². The van der Waals surface area contributed by atoms with Crippen LogP contribution in [0.3, 0.4) is 0 Å². The topological polar surface area (TPSA) is 72.9 Å². The Balaban J connectivity index is 1.87. The van der Waals surface area contributed by atoms with Gasteiger partial charge in [0.25, 0.3) is 5.91 Å². The van der Waals surface area contributed by atoms with Gasteiger partial charge in [0.15, 0.2) is 5.13 Å². The van der Waals surface area contributed by atoms with E-state index in [4.69, 9.17) is 5.73 Å². The molecule has 0 unspecified atom stereocenters. The largest absolute Gasteiger partial charge is 0.375 e. The number of nitrogen functional groups attached to an aromatic ring is 1. The van der Waals surface area contributed by atoms with Crippen LogP contribution in [0.1, 0.15) is 21.7 Å². The molecule has 2 heterocycles. The molecule has 5 nitrogen and oxygen atoms in total. The van der Waals surface area contributed by atoms with E-state index in [9.17, 15) is 4.79 Å². The minimum Gasteiger partial charge on any atom is -0.375 e. The Labute approximate surface area is 110 Å². The summed E-state index contributed by atoms with van der Waals surface area (Å²) >= 11 is 1.42. The second-order valence-electron chi connectivity index (χ2n) is 4.11. The standard InChI is InChI=1S/C12H16N4OS/c1-8-10(4-6-16(8)2)11(17)14-5-3-9-7-18-12(13)15-9/h4,6-7H,3,5H2,1-2H3,(H2,13,15)(H,14,17). The Morgan fingerprint density at radius 1 is 1.61 bits per heavy atom. The number of aryl methyl sites for hydroxylation is 1. The molecule has 0 aromatic carbocycles. The van der Waals surface area contributed by atoms with Gasteiger partial charge >= 0.3 is 0 Å². The minimum absolute atomic E-state index is 0.0451. The van der Waals surface area contributed by atoms with Crippen LogP contribution in [0.15, 0.2) is 17.6 Å². The van der Waals surface area contributed by atoms with E-state index in [-0.39, 0.29) is 5.91 Å². The number of thiazole rings is 1. The lowest BCUT2D eigenvalue weighted by Gasteiger charge is -2.04. The summed E-state index contributed by atoms with van der Waals surface area (Å²) in [4.78, 5) is 16.1. The van der Waals surface area contributed by atoms with Gasteiger partial charge in [0.05, 0.1) is 11.3 Å². The lowest BCUT2D eigenvalue weighted by atomic mass is 10.2. The van der Waals surface area contributed by atoms with E-state index in [1.807, 2.05) is 36.2 Å². The normalized spacial score (nSPS) is 10.6. The molecule has 1 amide bonds. The van der Waals surface area contributed by atoms with Gasteiger partial charge in [0.1, 0.15) is 0 Å². The number of nitrogens with zero attached hydrogens (tertiary/aromatic N) is 2. The van der Waals surface area contributed by atoms with Crippen LogP contribution in [-0.2, 0) is 13.5 Å². The van der Waals surface area contributed by atoms with E-state index in [0.717, 1.165) is 17.0 Å². The van der Waals surface area contributed by atoms with Gasteiger partial charge in [0, 0.05) is 37.3 Å². The van der Waals surface area contributed by atoms with Crippen molar-refractivity contribution in [1.29, 1.82) is 0 Å². The van der Waals surface area contributed by atoms with Crippen molar-refractivity contribution in [1.82, 2.24) is 14.9 Å². The number of carbonyl (C=O) groups excluding carboxylic acids is 1. The van der Waals surface area contributed by atoms with Crippen LogP contribution in [0.25, 0.3) is 0 Å². The SMILES string of the molecule is Cc1c(C(=O)NCCc2csc(N)n2)ccn1C. The Morgan fingerprint density at radius 2 is 2.39 bits per heavy atom. The predicted molar refractivity (Wildman–Crippen MR) is 72.7 cm³/mol. The van der Waals surface area contributed by atoms with Gasteiger partial charge in [-0.25, -0.2) is 4.98 Å². The van der Waals surface area contributed by atoms with Crippen molar-refractivity contribution < 1.29 is 4.79 Å². The fraction of sp³-hybridized carbons (Fsp3) is 0.333. The summed E-state index contributed by atoms with van der Waals surface area (Å²) in [5.41, 5.74) is 8.14. The van der Waals surface area contributed by atoms with Gasteiger partial charge in [-0.1, -0.05) is 0 Å². The lowest BCUT2D eigenvalue weighted by molar-refractivity contribution is 0.0953. The third kappa shape index (κ3) is 2.70. The first-order valence-electron chi connectivity index (χ1n) is 5.68. The molecule has 0 fully saturated rings. The van der Waals surface area contributed by atoms with Crippen LogP contribution in [0.4, 0.5) is 5.13 Å². The quantitative estimate of drug-likeness (QED) is 0.875. The van der Waals surface area contributed by atoms with Crippen LogP contribution >= 0.6 is 11.3 Å². The highest BCUT2D eigenvalue weighted by molar-refractivity contribution is 7.13. The molecule has 18 heavy (non-hydrogen) atoms. The number of nitrogens with two attached hydrogens (primary N) is 1. The smallest absolute Gasteiger partial charge is 0.253 e. The van der Waals surface area contributed by atoms with Crippen LogP contribution < -0.4 is 11.1 Å². The van der Waals surface area contributed by atoms with E-state index in [2.05, 4.69) is 10.3 Å². The Hall–Kier alpha value is -1.82. The molecule has 2 aromatic rings. The average molecular weight is 264 g/mol. The molecule has 0 saturated heterocycles. The first-order chi connectivity index (χ1) is 8.58. The van der Waals surface area contributed by atoms with Crippen molar-refractivity contribution in [3.8, 4) is 0 Å². The maximum Gasteiger partial charge on any atom is 0.253 e. The number of nitrogens with one attached hydrogen (secondary N) is 1. The van der Waals surface area contributed by atoms with Gasteiger partial charge in [-0.2, -0.15) is 0 Å². The highest BCUT2D eigenvalue weighted by atomic mass is 32.1. The lowest BCUT2D eigenvalue weighted by Crippen LogP contribution is -2.26. The molecular formula is C12H16N4OS. The van der Waals surface area contributed by atoms with Crippen molar-refractivity contribution in [2.24, 2.45) is 7.05 Å². The molecule has 0 aliphatic heterocycles. The first-order valence-corrected chi connectivity index (χ1v) is 6.56. The number of aromatic nitrogens is 2. The van der Waals surface area contributed by atoms with Crippen LogP contribution in [0, 0.1) is 6.92 Å². The van der Waals surface area contributed by atoms with Crippen molar-refractivity contribution >= 4 is 22.4 Å². The summed E-state index contributed by atoms with van der Waals surface area (Å²) in [7, 11) is 1.92. The highest BCUT2D eigenvalue weighted by Crippen LogP contribution is 2.11. The van der Waals surface area contributed by atoms with Gasteiger partial charge in [-0.05, 0) is 13.0 Å². The summed E-state index contributed by atoms with van der Waals surface area (Å²) < 4.78 is 1.93. The molecule has 0 aliphatic carbocycles. The van der Waals surface area contributed by atoms with Crippen molar-refractivity contribution in [2.75, 3.05) is 12.3 Å². The first kappa shape index (κ1) is 12.6. The zero-order valence-electron chi connectivity index (χ0n) is 10.4. The molecule has 0 atom stereocenters. The summed E-state index contributed by atoms with van der Waals surface area (Å²) in [5, 5.41) is 5.36. The summed E-state index contributed by atoms with van der Waals surface area (Å²) in [6, 6.07) is 1.82. The van der Waals surface area contributed by atoms with Crippen LogP contribution in [0.5, 0.6) is 0 Å². The predicted octanol–water partition coefficient (Wildman–Crippen LogP) is 1.34. The molecule has 3 N–H and O–H groups in total. The zero-order valence-corrected chi connectivity index (χ0v) is 11.3. The summed E-state index contributed by atoms with van der Waals surface area (Å²) in [5.74, 6) is -0.0451. The maximum atomic E-state index is 11.9. The number of rotatable bonds is 4. The van der Waals surface area contributed by atoms with Crippen molar-refractivity contribution in [2.45, 2.75) is 13.3 Å². The Morgan fingerprint density at radius 3 is 2.94 bits per heavy atom. The monoisotopic (exact) mass is 264 g/mol. The number of anilines is 1. The fourth-order valence-corrected chi connectivity index (χ4v) is 2.28. The third-order valence-electron chi connectivity index (χ3n) is 2.86. The van der Waals surface area contributed by atoms with Crippen LogP contribution in [-0.4, -0.2) is 22.0 Å². The van der Waals surface area contributed by atoms with Gasteiger partial charge < -0.3 is 15.6 Å². The number of carbonyl (C=O) groups is 1. The zero-order chi connectivity index (χ0) is 13.1. The molecule has 2 aromatic heterocycles. The van der Waals surface area contributed by atoms with Crippen molar-refractivity contribution in [3.63, 3.8) is 0 Å². The van der Waals surface area contributed by atoms with E-state index >= 15 is 0 Å². The molecule has 0 aliphatic rings. The maximum absolute atomic E-state index is 11.9. The molecule has 0 spiro atoms. The molecule has 0 saturated carbocycles. The molecular weight excluding hydrogens is 248 g/mol. The third-order valence-corrected chi connectivity index (χ3v) is 3.59. The van der Waals surface area contributed by atoms with Gasteiger partial charge in [0.2, 0.25) is 0 Å². The molecule has 2 rings (SSSR count). The number of hydrogen-bond donors (Lipinski definition) is 2. The Kier molecular flexibility index (Phi) is 3.66. The van der Waals surface area contributed by atoms with E-state index < -0.39 is 0 Å². The summed E-state index contributed by atoms with van der Waals surface area (Å²) in [6.07, 6.45) is 2.58. The van der Waals surface area contributed by atoms with E-state index in [0.29, 0.717) is 18.1 Å². The minimum atomic E-state index is -0.0451. The fourth-order valence-electron chi connectivity index (χ4n) is 1.69. The second-order valence-corrected chi connectivity index (χ2v) is 5.00. The van der Waals surface area contributed by atoms with Crippen LogP contribution in [0.2, 0.25) is 0 Å². The van der Waals surface area contributed by atoms with Gasteiger partial charge in [-0.3, -0.25) is 4.79 Å². The highest BCUT2D eigenvalue weighted by Gasteiger charge is 2.10. The van der Waals surface area contributed by atoms with E-state index in [1.165, 1.54) is 11.3 Å².